The molecule has 0 radical (unpaired) electrons. The third-order valence-electron chi connectivity index (χ3n) is 5.39. The Morgan fingerprint density at radius 2 is 1.53 bits per heavy atom. The number of esters is 1. The Hall–Kier alpha value is -3.00. The molecular weight excluding hydrogens is 430 g/mol. The first kappa shape index (κ1) is 23.7. The summed E-state index contributed by atoms with van der Waals surface area (Å²) in [6.07, 6.45) is 3.00. The predicted octanol–water partition coefficient (Wildman–Crippen LogP) is 2.69. The van der Waals surface area contributed by atoms with Crippen LogP contribution in [0.5, 0.6) is 0 Å². The molecular formula is C24H27NO6S. The summed E-state index contributed by atoms with van der Waals surface area (Å²) < 4.78 is 30.3. The van der Waals surface area contributed by atoms with Crippen molar-refractivity contribution in [1.29, 1.82) is 0 Å². The highest BCUT2D eigenvalue weighted by atomic mass is 32.2. The summed E-state index contributed by atoms with van der Waals surface area (Å²) in [7, 11) is -4.34. The van der Waals surface area contributed by atoms with Gasteiger partial charge in [-0.3, -0.25) is 9.59 Å². The SMILES string of the molecule is O=C(OCCCc1ccccc1)[C@@H]1CCCCN1C(=O)C(=O)S(=O)(=O)Cc1ccccc1. The second kappa shape index (κ2) is 11.0. The number of nitrogens with zero attached hydrogens (tertiary/aromatic N) is 1. The summed E-state index contributed by atoms with van der Waals surface area (Å²) in [6, 6.07) is 17.0. The molecule has 0 N–H and O–H groups in total. The van der Waals surface area contributed by atoms with Crippen molar-refractivity contribution in [3.8, 4) is 0 Å². The maximum Gasteiger partial charge on any atom is 0.334 e. The zero-order valence-corrected chi connectivity index (χ0v) is 18.6. The second-order valence-electron chi connectivity index (χ2n) is 7.80. The molecule has 1 atom stereocenters. The minimum Gasteiger partial charge on any atom is -0.464 e. The smallest absolute Gasteiger partial charge is 0.334 e. The molecule has 0 saturated carbocycles. The molecule has 0 spiro atoms. The highest BCUT2D eigenvalue weighted by Gasteiger charge is 2.40. The summed E-state index contributed by atoms with van der Waals surface area (Å²) in [5.41, 5.74) is 1.55. The van der Waals surface area contributed by atoms with Gasteiger partial charge in [0.05, 0.1) is 12.4 Å². The Bertz CT molecular complexity index is 1040. The van der Waals surface area contributed by atoms with E-state index in [1.54, 1.807) is 30.3 Å². The summed E-state index contributed by atoms with van der Waals surface area (Å²) >= 11 is 0. The zero-order chi connectivity index (χ0) is 23.0. The number of benzene rings is 2. The van der Waals surface area contributed by atoms with Gasteiger partial charge in [-0.05, 0) is 43.2 Å². The van der Waals surface area contributed by atoms with Crippen LogP contribution in [0.1, 0.15) is 36.8 Å². The van der Waals surface area contributed by atoms with E-state index in [1.165, 1.54) is 0 Å². The third-order valence-corrected chi connectivity index (χ3v) is 6.84. The van der Waals surface area contributed by atoms with Crippen LogP contribution in [0, 0.1) is 0 Å². The lowest BCUT2D eigenvalue weighted by molar-refractivity contribution is -0.158. The van der Waals surface area contributed by atoms with Gasteiger partial charge in [0.2, 0.25) is 9.84 Å². The Kier molecular flexibility index (Phi) is 8.16. The maximum atomic E-state index is 12.8. The number of likely N-dealkylation sites (tertiary alicyclic amines) is 1. The monoisotopic (exact) mass is 457 g/mol. The number of sulfone groups is 1. The van der Waals surface area contributed by atoms with Crippen LogP contribution in [-0.4, -0.2) is 49.5 Å². The van der Waals surface area contributed by atoms with Crippen LogP contribution in [-0.2, 0) is 41.1 Å². The molecule has 2 aromatic carbocycles. The minimum atomic E-state index is -4.34. The second-order valence-corrected chi connectivity index (χ2v) is 9.69. The molecule has 0 unspecified atom stereocenters. The lowest BCUT2D eigenvalue weighted by atomic mass is 10.0. The molecule has 32 heavy (non-hydrogen) atoms. The van der Waals surface area contributed by atoms with Crippen molar-refractivity contribution in [2.45, 2.75) is 43.9 Å². The molecule has 170 valence electrons. The van der Waals surface area contributed by atoms with Crippen LogP contribution in [0.2, 0.25) is 0 Å². The third kappa shape index (κ3) is 6.26. The largest absolute Gasteiger partial charge is 0.464 e. The average Bonchev–Trinajstić information content (AvgIpc) is 2.81. The van der Waals surface area contributed by atoms with E-state index in [0.29, 0.717) is 31.2 Å². The van der Waals surface area contributed by atoms with Crippen molar-refractivity contribution >= 4 is 26.8 Å². The number of amides is 1. The normalized spacial score (nSPS) is 16.4. The molecule has 7 nitrogen and oxygen atoms in total. The van der Waals surface area contributed by atoms with Crippen LogP contribution in [0.25, 0.3) is 0 Å². The van der Waals surface area contributed by atoms with Gasteiger partial charge in [0.1, 0.15) is 6.04 Å². The lowest BCUT2D eigenvalue weighted by Crippen LogP contribution is -2.52. The van der Waals surface area contributed by atoms with Gasteiger partial charge in [-0.2, -0.15) is 0 Å². The molecule has 1 saturated heterocycles. The predicted molar refractivity (Wildman–Crippen MR) is 119 cm³/mol. The number of ether oxygens (including phenoxy) is 1. The van der Waals surface area contributed by atoms with Gasteiger partial charge >= 0.3 is 17.0 Å². The fraction of sp³-hybridized carbons (Fsp3) is 0.375. The van der Waals surface area contributed by atoms with Crippen molar-refractivity contribution in [2.24, 2.45) is 0 Å². The van der Waals surface area contributed by atoms with Crippen LogP contribution in [0.4, 0.5) is 0 Å². The Balaban J connectivity index is 1.58. The van der Waals surface area contributed by atoms with Crippen molar-refractivity contribution in [1.82, 2.24) is 4.90 Å². The van der Waals surface area contributed by atoms with E-state index in [9.17, 15) is 22.8 Å². The lowest BCUT2D eigenvalue weighted by Gasteiger charge is -2.33. The van der Waals surface area contributed by atoms with E-state index in [4.69, 9.17) is 4.74 Å². The highest BCUT2D eigenvalue weighted by molar-refractivity contribution is 8.07. The van der Waals surface area contributed by atoms with Crippen LogP contribution in [0.3, 0.4) is 0 Å². The number of carbonyl (C=O) groups is 3. The molecule has 1 amide bonds. The molecule has 1 fully saturated rings. The van der Waals surface area contributed by atoms with Gasteiger partial charge in [-0.15, -0.1) is 0 Å². The molecule has 1 aliphatic heterocycles. The first-order chi connectivity index (χ1) is 15.4. The topological polar surface area (TPSA) is 97.8 Å². The fourth-order valence-corrected chi connectivity index (χ4v) is 4.86. The highest BCUT2D eigenvalue weighted by Crippen LogP contribution is 2.20. The molecule has 2 aromatic rings. The summed E-state index contributed by atoms with van der Waals surface area (Å²) in [6.45, 7) is 0.335. The van der Waals surface area contributed by atoms with E-state index in [0.717, 1.165) is 16.9 Å². The quantitative estimate of drug-likeness (QED) is 0.360. The van der Waals surface area contributed by atoms with E-state index in [1.807, 2.05) is 30.3 Å². The average molecular weight is 458 g/mol. The molecule has 1 heterocycles. The van der Waals surface area contributed by atoms with Gasteiger partial charge in [0.15, 0.2) is 0 Å². The number of rotatable bonds is 7. The Morgan fingerprint density at radius 3 is 2.19 bits per heavy atom. The molecule has 0 bridgehead atoms. The van der Waals surface area contributed by atoms with E-state index < -0.39 is 38.6 Å². The molecule has 1 aliphatic rings. The van der Waals surface area contributed by atoms with Crippen LogP contribution < -0.4 is 0 Å². The number of aryl methyl sites for hydroxylation is 1. The van der Waals surface area contributed by atoms with E-state index in [-0.39, 0.29) is 13.2 Å². The van der Waals surface area contributed by atoms with Crippen LogP contribution in [0.15, 0.2) is 60.7 Å². The standard InChI is InChI=1S/C24H27NO6S/c26-22(24(28)32(29,30)18-20-12-5-2-6-13-20)25-16-8-7-15-21(25)23(27)31-17-9-14-19-10-3-1-4-11-19/h1-6,10-13,21H,7-9,14-18H2/t21-/m0/s1. The first-order valence-electron chi connectivity index (χ1n) is 10.7. The van der Waals surface area contributed by atoms with Gasteiger partial charge in [-0.25, -0.2) is 13.2 Å². The van der Waals surface area contributed by atoms with E-state index >= 15 is 0 Å². The molecule has 0 aromatic heterocycles. The van der Waals surface area contributed by atoms with Gasteiger partial charge in [0.25, 0.3) is 0 Å². The first-order valence-corrected chi connectivity index (χ1v) is 12.4. The van der Waals surface area contributed by atoms with Gasteiger partial charge in [-0.1, -0.05) is 60.7 Å². The number of hydrogen-bond donors (Lipinski definition) is 0. The number of carbonyl (C=O) groups excluding carboxylic acids is 3. The van der Waals surface area contributed by atoms with Crippen molar-refractivity contribution in [3.63, 3.8) is 0 Å². The summed E-state index contributed by atoms with van der Waals surface area (Å²) in [5, 5.41) is -1.48. The summed E-state index contributed by atoms with van der Waals surface area (Å²) in [5.74, 6) is -2.31. The zero-order valence-electron chi connectivity index (χ0n) is 17.8. The van der Waals surface area contributed by atoms with Crippen molar-refractivity contribution in [3.05, 3.63) is 71.8 Å². The fourth-order valence-electron chi connectivity index (χ4n) is 3.72. The summed E-state index contributed by atoms with van der Waals surface area (Å²) in [4.78, 5) is 39.0. The van der Waals surface area contributed by atoms with Gasteiger partial charge in [0, 0.05) is 6.54 Å². The molecule has 3 rings (SSSR count). The van der Waals surface area contributed by atoms with Gasteiger partial charge < -0.3 is 9.64 Å². The van der Waals surface area contributed by atoms with E-state index in [2.05, 4.69) is 0 Å². The molecule has 8 heteroatoms. The van der Waals surface area contributed by atoms with Crippen molar-refractivity contribution in [2.75, 3.05) is 13.2 Å². The minimum absolute atomic E-state index is 0.148. The molecule has 0 aliphatic carbocycles. The Morgan fingerprint density at radius 1 is 0.906 bits per heavy atom. The number of hydrogen-bond acceptors (Lipinski definition) is 6. The number of piperidine rings is 1. The van der Waals surface area contributed by atoms with Crippen molar-refractivity contribution < 1.29 is 27.5 Å². The Labute approximate surface area is 188 Å². The van der Waals surface area contributed by atoms with Crippen LogP contribution >= 0.6 is 0 Å². The maximum absolute atomic E-state index is 12.8.